The lowest BCUT2D eigenvalue weighted by molar-refractivity contribution is 0.560. The molecular weight excluding hydrogens is 416 g/mol. The number of nitrogens with two attached hydrogens (primary N) is 1. The second-order valence-corrected chi connectivity index (χ2v) is 7.67. The van der Waals surface area contributed by atoms with Crippen molar-refractivity contribution in [2.24, 2.45) is 0 Å². The molecule has 3 N–H and O–H groups in total. The lowest BCUT2D eigenvalue weighted by atomic mass is 10.0. The van der Waals surface area contributed by atoms with Gasteiger partial charge in [-0.25, -0.2) is 33.2 Å². The number of benzene rings is 1. The first-order chi connectivity index (χ1) is 15.6. The summed E-state index contributed by atoms with van der Waals surface area (Å²) in [7, 11) is 0. The van der Waals surface area contributed by atoms with Crippen molar-refractivity contribution in [1.82, 2.24) is 34.5 Å². The van der Waals surface area contributed by atoms with Gasteiger partial charge in [-0.1, -0.05) is 0 Å². The monoisotopic (exact) mass is 433 g/mol. The molecule has 0 bridgehead atoms. The fourth-order valence-corrected chi connectivity index (χ4v) is 4.29. The first kappa shape index (κ1) is 18.6. The number of nitrogen functional groups attached to an aromatic ring is 1. The number of aromatic amines is 1. The van der Waals surface area contributed by atoms with Crippen LogP contribution in [0.5, 0.6) is 0 Å². The molecule has 1 aliphatic rings. The minimum Gasteiger partial charge on any atom is -0.382 e. The van der Waals surface area contributed by atoms with Gasteiger partial charge in [-0.15, -0.1) is 0 Å². The minimum atomic E-state index is -0.456. The van der Waals surface area contributed by atoms with E-state index in [4.69, 9.17) is 10.7 Å². The van der Waals surface area contributed by atoms with E-state index in [-0.39, 0.29) is 6.04 Å². The van der Waals surface area contributed by atoms with Gasteiger partial charge in [0.05, 0.1) is 17.8 Å². The Kier molecular flexibility index (Phi) is 4.03. The number of hydrogen-bond acceptors (Lipinski definition) is 7. The second kappa shape index (κ2) is 6.94. The quantitative estimate of drug-likeness (QED) is 0.449. The molecule has 1 atom stereocenters. The van der Waals surface area contributed by atoms with E-state index in [1.165, 1.54) is 18.5 Å². The molecule has 0 saturated carbocycles. The van der Waals surface area contributed by atoms with Crippen LogP contribution < -0.4 is 10.6 Å². The summed E-state index contributed by atoms with van der Waals surface area (Å²) in [4.78, 5) is 22.5. The van der Waals surface area contributed by atoms with Crippen molar-refractivity contribution in [3.8, 4) is 11.4 Å². The summed E-state index contributed by atoms with van der Waals surface area (Å²) >= 11 is 0. The van der Waals surface area contributed by atoms with Crippen molar-refractivity contribution in [3.05, 3.63) is 60.2 Å². The molecule has 0 spiro atoms. The van der Waals surface area contributed by atoms with Crippen molar-refractivity contribution >= 4 is 28.4 Å². The third-order valence-corrected chi connectivity index (χ3v) is 5.79. The Balaban J connectivity index is 1.44. The van der Waals surface area contributed by atoms with Crippen LogP contribution in [0.2, 0.25) is 0 Å². The van der Waals surface area contributed by atoms with Crippen LogP contribution >= 0.6 is 0 Å². The highest BCUT2D eigenvalue weighted by atomic mass is 19.1. The fraction of sp³-hybridized carbons (Fsp3) is 0.190. The maximum Gasteiger partial charge on any atom is 0.183 e. The molecule has 11 heteroatoms. The first-order valence-electron chi connectivity index (χ1n) is 10.1. The lowest BCUT2D eigenvalue weighted by Gasteiger charge is -2.26. The summed E-state index contributed by atoms with van der Waals surface area (Å²) < 4.78 is 29.9. The number of nitrogens with zero attached hydrogens (tertiary/aromatic N) is 7. The third kappa shape index (κ3) is 2.85. The van der Waals surface area contributed by atoms with Crippen molar-refractivity contribution in [2.75, 3.05) is 17.2 Å². The van der Waals surface area contributed by atoms with E-state index in [0.717, 1.165) is 12.5 Å². The average Bonchev–Trinajstić information content (AvgIpc) is 3.52. The number of imidazole rings is 1. The van der Waals surface area contributed by atoms with Crippen LogP contribution in [-0.4, -0.2) is 41.1 Å². The average molecular weight is 433 g/mol. The van der Waals surface area contributed by atoms with Gasteiger partial charge in [-0.2, -0.15) is 5.10 Å². The zero-order valence-electron chi connectivity index (χ0n) is 16.7. The largest absolute Gasteiger partial charge is 0.382 e. The van der Waals surface area contributed by atoms with E-state index in [9.17, 15) is 8.78 Å². The highest BCUT2D eigenvalue weighted by Crippen LogP contribution is 2.37. The summed E-state index contributed by atoms with van der Waals surface area (Å²) in [5, 5.41) is 4.36. The van der Waals surface area contributed by atoms with E-state index in [0.29, 0.717) is 58.4 Å². The standard InChI is InChI=1S/C21H17F2N9/c22-11-3-4-14(23)12(8-11)15-2-1-6-31(15)16-5-7-32-21(28-16)13(9-27-32)19-29-17-18(24)25-10-26-20(17)30-19/h3-5,7-10,15H,1-2,6H2,(H3,24,25,26,29,30)/t15-/m1/s1. The number of rotatable bonds is 3. The smallest absolute Gasteiger partial charge is 0.183 e. The van der Waals surface area contributed by atoms with E-state index >= 15 is 0 Å². The Labute approximate surface area is 180 Å². The molecule has 160 valence electrons. The lowest BCUT2D eigenvalue weighted by Crippen LogP contribution is -2.24. The predicted octanol–water partition coefficient (Wildman–Crippen LogP) is 3.26. The molecule has 0 unspecified atom stereocenters. The molecule has 0 aliphatic carbocycles. The van der Waals surface area contributed by atoms with Crippen molar-refractivity contribution in [3.63, 3.8) is 0 Å². The van der Waals surface area contributed by atoms with Gasteiger partial charge in [-0.3, -0.25) is 0 Å². The molecule has 5 heterocycles. The molecule has 1 aromatic carbocycles. The zero-order chi connectivity index (χ0) is 21.8. The molecule has 1 aliphatic heterocycles. The number of aromatic nitrogens is 7. The van der Waals surface area contributed by atoms with Gasteiger partial charge in [0.25, 0.3) is 0 Å². The number of anilines is 2. The van der Waals surface area contributed by atoms with E-state index in [2.05, 4.69) is 25.0 Å². The molecule has 0 radical (unpaired) electrons. The molecule has 5 aromatic rings. The van der Waals surface area contributed by atoms with Crippen LogP contribution in [0.15, 0.2) is 43.0 Å². The van der Waals surface area contributed by atoms with Gasteiger partial charge in [0, 0.05) is 18.3 Å². The number of nitrogens with one attached hydrogen (secondary N) is 1. The second-order valence-electron chi connectivity index (χ2n) is 7.67. The Hall–Kier alpha value is -4.15. The maximum atomic E-state index is 14.5. The maximum absolute atomic E-state index is 14.5. The number of halogens is 2. The molecular formula is C21H17F2N9. The van der Waals surface area contributed by atoms with Gasteiger partial charge in [0.15, 0.2) is 17.1 Å². The highest BCUT2D eigenvalue weighted by molar-refractivity contribution is 5.86. The van der Waals surface area contributed by atoms with Crippen LogP contribution in [0.25, 0.3) is 28.2 Å². The number of H-pyrrole nitrogens is 1. The van der Waals surface area contributed by atoms with Gasteiger partial charge in [0.2, 0.25) is 0 Å². The summed E-state index contributed by atoms with van der Waals surface area (Å²) in [6.45, 7) is 0.685. The van der Waals surface area contributed by atoms with Gasteiger partial charge >= 0.3 is 0 Å². The Morgan fingerprint density at radius 2 is 2.03 bits per heavy atom. The molecule has 1 saturated heterocycles. The van der Waals surface area contributed by atoms with Crippen molar-refractivity contribution in [2.45, 2.75) is 18.9 Å². The fourth-order valence-electron chi connectivity index (χ4n) is 4.29. The Bertz CT molecular complexity index is 1480. The Morgan fingerprint density at radius 1 is 1.12 bits per heavy atom. The molecule has 6 rings (SSSR count). The van der Waals surface area contributed by atoms with Crippen molar-refractivity contribution in [1.29, 1.82) is 0 Å². The minimum absolute atomic E-state index is 0.298. The van der Waals surface area contributed by atoms with Crippen LogP contribution in [-0.2, 0) is 0 Å². The normalized spacial score (nSPS) is 16.4. The third-order valence-electron chi connectivity index (χ3n) is 5.79. The van der Waals surface area contributed by atoms with Crippen LogP contribution in [0.4, 0.5) is 20.4 Å². The van der Waals surface area contributed by atoms with Crippen LogP contribution in [0.1, 0.15) is 24.4 Å². The topological polar surface area (TPSA) is 114 Å². The predicted molar refractivity (Wildman–Crippen MR) is 114 cm³/mol. The van der Waals surface area contributed by atoms with Crippen LogP contribution in [0, 0.1) is 11.6 Å². The molecule has 0 amide bonds. The molecule has 9 nitrogen and oxygen atoms in total. The summed E-state index contributed by atoms with van der Waals surface area (Å²) in [6, 6.07) is 5.09. The first-order valence-corrected chi connectivity index (χ1v) is 10.1. The summed E-state index contributed by atoms with van der Waals surface area (Å²) in [5.41, 5.74) is 8.47. The van der Waals surface area contributed by atoms with E-state index < -0.39 is 11.6 Å². The molecule has 1 fully saturated rings. The molecule has 4 aromatic heterocycles. The number of hydrogen-bond donors (Lipinski definition) is 2. The summed E-state index contributed by atoms with van der Waals surface area (Å²) in [5.74, 6) is 0.593. The molecule has 32 heavy (non-hydrogen) atoms. The van der Waals surface area contributed by atoms with Crippen LogP contribution in [0.3, 0.4) is 0 Å². The summed E-state index contributed by atoms with van der Waals surface area (Å²) in [6.07, 6.45) is 6.35. The van der Waals surface area contributed by atoms with E-state index in [1.807, 2.05) is 11.0 Å². The number of fused-ring (bicyclic) bond motifs is 2. The highest BCUT2D eigenvalue weighted by Gasteiger charge is 2.30. The van der Waals surface area contributed by atoms with E-state index in [1.54, 1.807) is 16.9 Å². The van der Waals surface area contributed by atoms with Crippen molar-refractivity contribution < 1.29 is 8.78 Å². The van der Waals surface area contributed by atoms with Gasteiger partial charge in [0.1, 0.15) is 35.1 Å². The SMILES string of the molecule is Nc1ncnc2nc(-c3cnn4ccc(N5CCC[C@@H]5c5cc(F)ccc5F)nc34)[nH]c12. The Morgan fingerprint density at radius 3 is 2.91 bits per heavy atom. The van der Waals surface area contributed by atoms with Gasteiger partial charge < -0.3 is 15.6 Å². The zero-order valence-corrected chi connectivity index (χ0v) is 16.7. The van der Waals surface area contributed by atoms with Gasteiger partial charge in [-0.05, 0) is 37.1 Å².